The van der Waals surface area contributed by atoms with Gasteiger partial charge in [-0.05, 0) is 30.9 Å². The monoisotopic (exact) mass is 284 g/mol. The molecule has 1 N–H and O–H groups in total. The van der Waals surface area contributed by atoms with E-state index in [1.165, 1.54) is 18.9 Å². The minimum Gasteiger partial charge on any atom is -0.490 e. The van der Waals surface area contributed by atoms with Gasteiger partial charge in [0.25, 0.3) is 0 Å². The lowest BCUT2D eigenvalue weighted by Crippen LogP contribution is -2.31. The van der Waals surface area contributed by atoms with Crippen molar-refractivity contribution in [1.82, 2.24) is 20.5 Å². The van der Waals surface area contributed by atoms with E-state index in [9.17, 15) is 0 Å². The third kappa shape index (κ3) is 2.54. The Bertz CT molecular complexity index is 659. The maximum atomic E-state index is 5.82. The Morgan fingerprint density at radius 3 is 3.10 bits per heavy atom. The first-order chi connectivity index (χ1) is 10.3. The highest BCUT2D eigenvalue weighted by Crippen LogP contribution is 2.40. The third-order valence-electron chi connectivity index (χ3n) is 3.99. The summed E-state index contributed by atoms with van der Waals surface area (Å²) in [6.07, 6.45) is 7.43. The molecule has 6 heteroatoms. The second-order valence-corrected chi connectivity index (χ2v) is 5.57. The van der Waals surface area contributed by atoms with E-state index in [1.807, 2.05) is 6.07 Å². The average Bonchev–Trinajstić information content (AvgIpc) is 2.94. The van der Waals surface area contributed by atoms with Crippen LogP contribution in [0.2, 0.25) is 0 Å². The number of fused-ring (bicyclic) bond motifs is 1. The number of nitrogens with one attached hydrogen (secondary N) is 1. The third-order valence-corrected chi connectivity index (χ3v) is 3.99. The van der Waals surface area contributed by atoms with Crippen LogP contribution in [0.1, 0.15) is 18.7 Å². The summed E-state index contributed by atoms with van der Waals surface area (Å²) in [4.78, 5) is 4.17. The van der Waals surface area contributed by atoms with Gasteiger partial charge in [0.1, 0.15) is 12.4 Å². The van der Waals surface area contributed by atoms with Crippen LogP contribution in [-0.4, -0.2) is 33.9 Å². The molecule has 0 radical (unpaired) electrons. The zero-order valence-electron chi connectivity index (χ0n) is 11.5. The Balaban J connectivity index is 1.43. The van der Waals surface area contributed by atoms with Crippen LogP contribution in [0.4, 0.5) is 0 Å². The predicted octanol–water partition coefficient (Wildman–Crippen LogP) is 1.90. The van der Waals surface area contributed by atoms with Crippen LogP contribution in [0.25, 0.3) is 17.5 Å². The van der Waals surface area contributed by atoms with Crippen LogP contribution in [-0.2, 0) is 0 Å². The highest BCUT2D eigenvalue weighted by molar-refractivity contribution is 5.54. The molecule has 1 saturated heterocycles. The maximum absolute atomic E-state index is 5.82. The minimum atomic E-state index is 0.394. The van der Waals surface area contributed by atoms with Gasteiger partial charge >= 0.3 is 0 Å². The summed E-state index contributed by atoms with van der Waals surface area (Å²) in [5.41, 5.74) is 0.746. The fourth-order valence-corrected chi connectivity index (χ4v) is 2.81. The average molecular weight is 284 g/mol. The molecule has 2 fully saturated rings. The van der Waals surface area contributed by atoms with E-state index in [-0.39, 0.29) is 0 Å². The molecule has 2 aliphatic rings. The molecule has 1 aliphatic heterocycles. The fraction of sp³-hybridized carbons (Fsp3) is 0.400. The first kappa shape index (κ1) is 12.5. The van der Waals surface area contributed by atoms with Crippen molar-refractivity contribution < 1.29 is 9.15 Å². The van der Waals surface area contributed by atoms with Crippen molar-refractivity contribution in [3.63, 3.8) is 0 Å². The number of hydrogen-bond acceptors (Lipinski definition) is 6. The number of rotatable bonds is 5. The van der Waals surface area contributed by atoms with E-state index >= 15 is 0 Å². The van der Waals surface area contributed by atoms with Gasteiger partial charge in [-0.2, -0.15) is 0 Å². The lowest BCUT2D eigenvalue weighted by Gasteiger charge is -2.14. The van der Waals surface area contributed by atoms with Gasteiger partial charge < -0.3 is 14.5 Å². The van der Waals surface area contributed by atoms with Crippen LogP contribution in [0.15, 0.2) is 29.5 Å². The number of ether oxygens (including phenoxy) is 1. The molecule has 2 aromatic rings. The van der Waals surface area contributed by atoms with Gasteiger partial charge in [-0.1, -0.05) is 6.58 Å². The lowest BCUT2D eigenvalue weighted by atomic mass is 10.2. The SMILES string of the molecule is C=Cc1nnc(-c2cncc(OC[C@@H]3C[C@H]4C[C@H]4N3)c2)o1. The van der Waals surface area contributed by atoms with Gasteiger partial charge in [0.2, 0.25) is 11.8 Å². The quantitative estimate of drug-likeness (QED) is 0.904. The zero-order valence-corrected chi connectivity index (χ0v) is 11.5. The normalized spacial score (nSPS) is 26.4. The zero-order chi connectivity index (χ0) is 14.2. The Morgan fingerprint density at radius 1 is 1.38 bits per heavy atom. The van der Waals surface area contributed by atoms with E-state index < -0.39 is 0 Å². The van der Waals surface area contributed by atoms with E-state index in [0.29, 0.717) is 30.2 Å². The number of nitrogens with zero attached hydrogens (tertiary/aromatic N) is 3. The molecule has 21 heavy (non-hydrogen) atoms. The molecule has 0 aromatic carbocycles. The highest BCUT2D eigenvalue weighted by Gasteiger charge is 2.45. The van der Waals surface area contributed by atoms with Crippen LogP contribution < -0.4 is 10.1 Å². The van der Waals surface area contributed by atoms with Crippen LogP contribution >= 0.6 is 0 Å². The van der Waals surface area contributed by atoms with Crippen LogP contribution in [0.3, 0.4) is 0 Å². The molecular weight excluding hydrogens is 268 g/mol. The molecule has 3 atom stereocenters. The summed E-state index contributed by atoms with van der Waals surface area (Å²) in [5, 5.41) is 11.4. The van der Waals surface area contributed by atoms with E-state index in [0.717, 1.165) is 17.5 Å². The molecule has 0 unspecified atom stereocenters. The first-order valence-electron chi connectivity index (χ1n) is 7.12. The van der Waals surface area contributed by atoms with Crippen LogP contribution in [0, 0.1) is 5.92 Å². The standard InChI is InChI=1S/C15H16N4O2/c1-2-14-18-19-15(21-14)10-4-12(7-16-6-10)20-8-11-3-9-5-13(9)17-11/h2,4,6-7,9,11,13,17H,1,3,5,8H2/t9-,11-,13+/m0/s1. The van der Waals surface area contributed by atoms with Crippen molar-refractivity contribution in [3.05, 3.63) is 30.9 Å². The highest BCUT2D eigenvalue weighted by atomic mass is 16.5. The molecule has 0 spiro atoms. The predicted molar refractivity (Wildman–Crippen MR) is 76.6 cm³/mol. The van der Waals surface area contributed by atoms with Crippen molar-refractivity contribution in [2.45, 2.75) is 24.9 Å². The number of hydrogen-bond donors (Lipinski definition) is 1. The fourth-order valence-electron chi connectivity index (χ4n) is 2.81. The molecule has 1 saturated carbocycles. The summed E-state index contributed by atoms with van der Waals surface area (Å²) in [5.74, 6) is 2.40. The van der Waals surface area contributed by atoms with E-state index in [1.54, 1.807) is 12.4 Å². The molecule has 0 bridgehead atoms. The van der Waals surface area contributed by atoms with Gasteiger partial charge in [-0.3, -0.25) is 4.98 Å². The molecule has 4 rings (SSSR count). The molecule has 3 heterocycles. The second kappa shape index (κ2) is 4.96. The number of piperidine rings is 1. The summed E-state index contributed by atoms with van der Waals surface area (Å²) < 4.78 is 11.2. The largest absolute Gasteiger partial charge is 0.490 e. The summed E-state index contributed by atoms with van der Waals surface area (Å²) in [7, 11) is 0. The smallest absolute Gasteiger partial charge is 0.249 e. The minimum absolute atomic E-state index is 0.394. The van der Waals surface area contributed by atoms with Crippen molar-refractivity contribution in [2.75, 3.05) is 6.61 Å². The summed E-state index contributed by atoms with van der Waals surface area (Å²) in [6.45, 7) is 4.26. The molecule has 2 aromatic heterocycles. The van der Waals surface area contributed by atoms with Crippen LogP contribution in [0.5, 0.6) is 5.75 Å². The molecule has 1 aliphatic carbocycles. The van der Waals surface area contributed by atoms with E-state index in [4.69, 9.17) is 9.15 Å². The Morgan fingerprint density at radius 2 is 2.33 bits per heavy atom. The molecule has 6 nitrogen and oxygen atoms in total. The number of aromatic nitrogens is 3. The Hall–Kier alpha value is -2.21. The van der Waals surface area contributed by atoms with Crippen molar-refractivity contribution in [1.29, 1.82) is 0 Å². The van der Waals surface area contributed by atoms with Gasteiger partial charge in [0.15, 0.2) is 0 Å². The Kier molecular flexibility index (Phi) is 2.96. The first-order valence-corrected chi connectivity index (χ1v) is 7.12. The topological polar surface area (TPSA) is 73.1 Å². The van der Waals surface area contributed by atoms with Crippen molar-refractivity contribution in [2.24, 2.45) is 5.92 Å². The van der Waals surface area contributed by atoms with Crippen molar-refractivity contribution >= 4 is 6.08 Å². The summed E-state index contributed by atoms with van der Waals surface area (Å²) >= 11 is 0. The van der Waals surface area contributed by atoms with Gasteiger partial charge in [0.05, 0.1) is 11.8 Å². The molecule has 0 amide bonds. The maximum Gasteiger partial charge on any atom is 0.249 e. The Labute approximate surface area is 122 Å². The number of pyridine rings is 1. The lowest BCUT2D eigenvalue weighted by molar-refractivity contribution is 0.267. The second-order valence-electron chi connectivity index (χ2n) is 5.57. The van der Waals surface area contributed by atoms with Gasteiger partial charge in [-0.25, -0.2) is 0 Å². The van der Waals surface area contributed by atoms with Crippen molar-refractivity contribution in [3.8, 4) is 17.2 Å². The van der Waals surface area contributed by atoms with Gasteiger partial charge in [-0.15, -0.1) is 10.2 Å². The van der Waals surface area contributed by atoms with Gasteiger partial charge in [0, 0.05) is 18.3 Å². The van der Waals surface area contributed by atoms with E-state index in [2.05, 4.69) is 27.1 Å². The molecule has 108 valence electrons. The molecular formula is C15H16N4O2. The summed E-state index contributed by atoms with van der Waals surface area (Å²) in [6, 6.07) is 3.05.